The Morgan fingerprint density at radius 1 is 1.46 bits per heavy atom. The van der Waals surface area contributed by atoms with E-state index in [1.807, 2.05) is 17.0 Å². The molecule has 2 atom stereocenters. The van der Waals surface area contributed by atoms with Crippen molar-refractivity contribution in [1.29, 1.82) is 5.26 Å². The lowest BCUT2D eigenvalue weighted by molar-refractivity contribution is 0.190. The molecule has 0 saturated carbocycles. The predicted octanol–water partition coefficient (Wildman–Crippen LogP) is 1.41. The maximum Gasteiger partial charge on any atom is 0.404 e. The van der Waals surface area contributed by atoms with Crippen molar-refractivity contribution in [3.05, 3.63) is 42.2 Å². The first-order valence-corrected chi connectivity index (χ1v) is 8.14. The number of benzene rings is 1. The standard InChI is InChI=1S/C18H19N5O3/c19-7-12-3-4-21-8-15(12)11-1-2-16(20)17(5-11)23-9-13(22-18(25)26)6-14(23)10-24/h1-5,8,13-14,22,24H,6,9-10,20H2,(H,25,26). The zero-order chi connectivity index (χ0) is 18.7. The second kappa shape index (κ2) is 7.29. The van der Waals surface area contributed by atoms with Crippen molar-refractivity contribution in [3.63, 3.8) is 0 Å². The van der Waals surface area contributed by atoms with Gasteiger partial charge in [0.15, 0.2) is 0 Å². The number of nitriles is 1. The third-order valence-corrected chi connectivity index (χ3v) is 4.55. The summed E-state index contributed by atoms with van der Waals surface area (Å²) < 4.78 is 0. The molecule has 134 valence electrons. The summed E-state index contributed by atoms with van der Waals surface area (Å²) in [6.07, 6.45) is 2.58. The van der Waals surface area contributed by atoms with Crippen molar-refractivity contribution in [2.24, 2.45) is 0 Å². The molecule has 0 spiro atoms. The van der Waals surface area contributed by atoms with Crippen LogP contribution in [0.3, 0.4) is 0 Å². The molecule has 1 fully saturated rings. The summed E-state index contributed by atoms with van der Waals surface area (Å²) in [7, 11) is 0. The van der Waals surface area contributed by atoms with Crippen LogP contribution in [0.15, 0.2) is 36.7 Å². The second-order valence-electron chi connectivity index (χ2n) is 6.18. The van der Waals surface area contributed by atoms with Gasteiger partial charge in [0, 0.05) is 24.5 Å². The summed E-state index contributed by atoms with van der Waals surface area (Å²) in [6.45, 7) is 0.293. The highest BCUT2D eigenvalue weighted by Crippen LogP contribution is 2.35. The lowest BCUT2D eigenvalue weighted by Crippen LogP contribution is -2.36. The molecule has 1 saturated heterocycles. The van der Waals surface area contributed by atoms with Crippen LogP contribution in [-0.4, -0.2) is 46.5 Å². The number of hydrogen-bond donors (Lipinski definition) is 4. The van der Waals surface area contributed by atoms with Crippen molar-refractivity contribution < 1.29 is 15.0 Å². The number of hydrogen-bond acceptors (Lipinski definition) is 6. The minimum atomic E-state index is -1.09. The van der Waals surface area contributed by atoms with Crippen LogP contribution < -0.4 is 16.0 Å². The van der Waals surface area contributed by atoms with E-state index in [-0.39, 0.29) is 18.7 Å². The average Bonchev–Trinajstić information content (AvgIpc) is 3.04. The minimum Gasteiger partial charge on any atom is -0.465 e. The average molecular weight is 353 g/mol. The maximum atomic E-state index is 10.9. The molecule has 5 N–H and O–H groups in total. The number of nitrogens with one attached hydrogen (secondary N) is 1. The van der Waals surface area contributed by atoms with Gasteiger partial charge in [0.05, 0.1) is 41.7 Å². The number of pyridine rings is 1. The van der Waals surface area contributed by atoms with Gasteiger partial charge in [-0.2, -0.15) is 5.26 Å². The minimum absolute atomic E-state index is 0.113. The molecular formula is C18H19N5O3. The summed E-state index contributed by atoms with van der Waals surface area (Å²) in [6, 6.07) is 8.66. The molecule has 0 radical (unpaired) electrons. The second-order valence-corrected chi connectivity index (χ2v) is 6.18. The maximum absolute atomic E-state index is 10.9. The lowest BCUT2D eigenvalue weighted by atomic mass is 10.0. The highest BCUT2D eigenvalue weighted by molar-refractivity contribution is 5.79. The van der Waals surface area contributed by atoms with E-state index in [0.717, 1.165) is 5.56 Å². The predicted molar refractivity (Wildman–Crippen MR) is 96.6 cm³/mol. The van der Waals surface area contributed by atoms with Gasteiger partial charge in [-0.25, -0.2) is 4.79 Å². The summed E-state index contributed by atoms with van der Waals surface area (Å²) in [4.78, 5) is 16.9. The topological polar surface area (TPSA) is 136 Å². The molecule has 2 unspecified atom stereocenters. The van der Waals surface area contributed by atoms with Crippen molar-refractivity contribution >= 4 is 17.5 Å². The molecule has 3 rings (SSSR count). The highest BCUT2D eigenvalue weighted by atomic mass is 16.4. The van der Waals surface area contributed by atoms with E-state index in [1.54, 1.807) is 24.5 Å². The number of nitrogens with zero attached hydrogens (tertiary/aromatic N) is 3. The Kier molecular flexibility index (Phi) is 4.91. The number of aliphatic hydroxyl groups excluding tert-OH is 1. The Hall–Kier alpha value is -3.31. The molecule has 2 heterocycles. The Bertz CT molecular complexity index is 864. The number of anilines is 2. The number of nitrogen functional groups attached to an aromatic ring is 1. The Morgan fingerprint density at radius 2 is 2.27 bits per heavy atom. The monoisotopic (exact) mass is 353 g/mol. The van der Waals surface area contributed by atoms with E-state index in [0.29, 0.717) is 35.5 Å². The first-order chi connectivity index (χ1) is 12.5. The van der Waals surface area contributed by atoms with Crippen LogP contribution in [0.4, 0.5) is 16.2 Å². The van der Waals surface area contributed by atoms with Gasteiger partial charge in [-0.1, -0.05) is 6.07 Å². The SMILES string of the molecule is N#Cc1ccncc1-c1ccc(N)c(N2CC(NC(=O)O)CC2CO)c1. The fourth-order valence-electron chi connectivity index (χ4n) is 3.35. The number of aliphatic hydroxyl groups is 1. The molecule has 1 amide bonds. The zero-order valence-corrected chi connectivity index (χ0v) is 14.0. The van der Waals surface area contributed by atoms with Crippen LogP contribution >= 0.6 is 0 Å². The quantitative estimate of drug-likeness (QED) is 0.610. The zero-order valence-electron chi connectivity index (χ0n) is 14.0. The van der Waals surface area contributed by atoms with Gasteiger partial charge in [0.25, 0.3) is 0 Å². The Labute approximate surface area is 150 Å². The van der Waals surface area contributed by atoms with Crippen LogP contribution in [-0.2, 0) is 0 Å². The molecule has 1 aromatic heterocycles. The van der Waals surface area contributed by atoms with E-state index < -0.39 is 6.09 Å². The van der Waals surface area contributed by atoms with E-state index in [2.05, 4.69) is 16.4 Å². The van der Waals surface area contributed by atoms with Crippen molar-refractivity contribution in [2.45, 2.75) is 18.5 Å². The van der Waals surface area contributed by atoms with Gasteiger partial charge >= 0.3 is 6.09 Å². The molecule has 26 heavy (non-hydrogen) atoms. The number of nitrogens with two attached hydrogens (primary N) is 1. The summed E-state index contributed by atoms with van der Waals surface area (Å²) in [5.74, 6) is 0. The first-order valence-electron chi connectivity index (χ1n) is 8.14. The van der Waals surface area contributed by atoms with Crippen LogP contribution in [0, 0.1) is 11.3 Å². The van der Waals surface area contributed by atoms with Crippen LogP contribution in [0.25, 0.3) is 11.1 Å². The van der Waals surface area contributed by atoms with Crippen LogP contribution in [0.2, 0.25) is 0 Å². The lowest BCUT2D eigenvalue weighted by Gasteiger charge is -2.27. The first kappa shape index (κ1) is 17.5. The van der Waals surface area contributed by atoms with Gasteiger partial charge in [-0.3, -0.25) is 4.98 Å². The summed E-state index contributed by atoms with van der Waals surface area (Å²) in [5, 5.41) is 30.4. The van der Waals surface area contributed by atoms with Gasteiger partial charge in [-0.05, 0) is 30.2 Å². The van der Waals surface area contributed by atoms with Crippen LogP contribution in [0.5, 0.6) is 0 Å². The fourth-order valence-corrected chi connectivity index (χ4v) is 3.35. The molecule has 1 aliphatic rings. The number of carbonyl (C=O) groups is 1. The van der Waals surface area contributed by atoms with Gasteiger partial charge in [0.2, 0.25) is 0 Å². The van der Waals surface area contributed by atoms with E-state index in [1.165, 1.54) is 0 Å². The molecule has 1 aromatic carbocycles. The third kappa shape index (κ3) is 3.38. The third-order valence-electron chi connectivity index (χ3n) is 4.55. The van der Waals surface area contributed by atoms with Gasteiger partial charge < -0.3 is 26.2 Å². The molecule has 0 bridgehead atoms. The van der Waals surface area contributed by atoms with E-state index in [4.69, 9.17) is 10.8 Å². The Morgan fingerprint density at radius 3 is 2.96 bits per heavy atom. The fraction of sp³-hybridized carbons (Fsp3) is 0.278. The smallest absolute Gasteiger partial charge is 0.404 e. The van der Waals surface area contributed by atoms with E-state index in [9.17, 15) is 15.2 Å². The number of aromatic nitrogens is 1. The van der Waals surface area contributed by atoms with Crippen molar-refractivity contribution in [3.8, 4) is 17.2 Å². The van der Waals surface area contributed by atoms with Crippen molar-refractivity contribution in [1.82, 2.24) is 10.3 Å². The van der Waals surface area contributed by atoms with Crippen LogP contribution in [0.1, 0.15) is 12.0 Å². The van der Waals surface area contributed by atoms with Crippen molar-refractivity contribution in [2.75, 3.05) is 23.8 Å². The largest absolute Gasteiger partial charge is 0.465 e. The Balaban J connectivity index is 1.98. The van der Waals surface area contributed by atoms with E-state index >= 15 is 0 Å². The molecule has 8 nitrogen and oxygen atoms in total. The highest BCUT2D eigenvalue weighted by Gasteiger charge is 2.33. The molecule has 0 aliphatic carbocycles. The number of rotatable bonds is 4. The summed E-state index contributed by atoms with van der Waals surface area (Å²) >= 11 is 0. The number of carboxylic acid groups (broad SMARTS) is 1. The van der Waals surface area contributed by atoms with Gasteiger partial charge in [0.1, 0.15) is 0 Å². The normalized spacial score (nSPS) is 19.2. The van der Waals surface area contributed by atoms with Gasteiger partial charge in [-0.15, -0.1) is 0 Å². The molecule has 8 heteroatoms. The molecule has 1 aliphatic heterocycles. The number of amides is 1. The molecular weight excluding hydrogens is 334 g/mol. The summed E-state index contributed by atoms with van der Waals surface area (Å²) in [5.41, 5.74) is 9.33. The molecule has 2 aromatic rings.